The van der Waals surface area contributed by atoms with Gasteiger partial charge in [-0.2, -0.15) is 0 Å². The van der Waals surface area contributed by atoms with Gasteiger partial charge in [0.2, 0.25) is 10.0 Å². The largest absolute Gasteiger partial charge is 0.394 e. The third-order valence-corrected chi connectivity index (χ3v) is 6.06. The molecule has 1 aromatic carbocycles. The number of anilines is 1. The average Bonchev–Trinajstić information content (AvgIpc) is 2.97. The van der Waals surface area contributed by atoms with Crippen molar-refractivity contribution in [1.82, 2.24) is 9.55 Å². The van der Waals surface area contributed by atoms with Crippen molar-refractivity contribution in [2.45, 2.75) is 6.92 Å². The molecule has 2 heterocycles. The van der Waals surface area contributed by atoms with Crippen LogP contribution in [0.1, 0.15) is 6.92 Å². The van der Waals surface area contributed by atoms with Gasteiger partial charge >= 0.3 is 0 Å². The molecule has 1 N–H and O–H groups in total. The summed E-state index contributed by atoms with van der Waals surface area (Å²) in [6, 6.07) is 11.9. The summed E-state index contributed by atoms with van der Waals surface area (Å²) in [5.41, 5.74) is 3.33. The highest BCUT2D eigenvalue weighted by Crippen LogP contribution is 2.29. The molecule has 3 rings (SSSR count). The molecule has 0 bridgehead atoms. The monoisotopic (exact) mass is 359 g/mol. The summed E-state index contributed by atoms with van der Waals surface area (Å²) in [6.45, 7) is 1.34. The number of hydrogen-bond donors (Lipinski definition) is 1. The lowest BCUT2D eigenvalue weighted by Gasteiger charge is -2.23. The van der Waals surface area contributed by atoms with Gasteiger partial charge < -0.3 is 9.67 Å². The summed E-state index contributed by atoms with van der Waals surface area (Å²) >= 11 is 0. The van der Waals surface area contributed by atoms with E-state index in [2.05, 4.69) is 15.6 Å². The molecule has 0 spiro atoms. The normalized spacial score (nSPS) is 11.8. The number of aliphatic hydroxyl groups excluding tert-OH is 1. The van der Waals surface area contributed by atoms with Gasteiger partial charge in [0.1, 0.15) is 0 Å². The molecule has 0 aliphatic rings. The standard InChI is InChI=1S/C18H21N3O3S/c1-3-25(23,24)21(8-9-22)16-10-15(12-19-13-16)18-11-14-6-4-5-7-17(14)20(18)2/h4-7,10-13,22H,3,8-9H2,1-2H3. The third kappa shape index (κ3) is 3.25. The zero-order valence-corrected chi connectivity index (χ0v) is 15.1. The minimum Gasteiger partial charge on any atom is -0.394 e. The number of aryl methyl sites for hydroxylation is 1. The minimum absolute atomic E-state index is 0.0103. The molecule has 7 heteroatoms. The summed E-state index contributed by atoms with van der Waals surface area (Å²) in [6.07, 6.45) is 3.22. The van der Waals surface area contributed by atoms with Crippen LogP contribution in [0, 0.1) is 0 Å². The molecule has 0 radical (unpaired) electrons. The van der Waals surface area contributed by atoms with Crippen LogP contribution >= 0.6 is 0 Å². The Balaban J connectivity index is 2.10. The SMILES string of the molecule is CCS(=O)(=O)N(CCO)c1cncc(-c2cc3ccccc3n2C)c1. The highest BCUT2D eigenvalue weighted by atomic mass is 32.2. The van der Waals surface area contributed by atoms with E-state index < -0.39 is 10.0 Å². The van der Waals surface area contributed by atoms with Crippen molar-refractivity contribution in [3.63, 3.8) is 0 Å². The maximum Gasteiger partial charge on any atom is 0.235 e. The predicted molar refractivity (Wildman–Crippen MR) is 100 cm³/mol. The summed E-state index contributed by atoms with van der Waals surface area (Å²) < 4.78 is 27.9. The fourth-order valence-corrected chi connectivity index (χ4v) is 4.04. The molecule has 6 nitrogen and oxygen atoms in total. The van der Waals surface area contributed by atoms with Crippen molar-refractivity contribution < 1.29 is 13.5 Å². The molecule has 0 unspecified atom stereocenters. The Kier molecular flexibility index (Phi) is 4.78. The Morgan fingerprint density at radius 1 is 1.20 bits per heavy atom. The first-order valence-corrected chi connectivity index (χ1v) is 9.70. The van der Waals surface area contributed by atoms with Crippen molar-refractivity contribution in [2.75, 3.05) is 23.2 Å². The van der Waals surface area contributed by atoms with E-state index in [0.717, 1.165) is 22.2 Å². The van der Waals surface area contributed by atoms with Crippen molar-refractivity contribution >= 4 is 26.6 Å². The first kappa shape index (κ1) is 17.4. The van der Waals surface area contributed by atoms with E-state index >= 15 is 0 Å². The zero-order chi connectivity index (χ0) is 18.0. The molecule has 2 aromatic heterocycles. The Hall–Kier alpha value is -2.38. The van der Waals surface area contributed by atoms with Crippen LogP contribution < -0.4 is 4.31 Å². The van der Waals surface area contributed by atoms with E-state index in [1.165, 1.54) is 10.5 Å². The van der Waals surface area contributed by atoms with Gasteiger partial charge in [0, 0.05) is 29.7 Å². The number of hydrogen-bond acceptors (Lipinski definition) is 4. The first-order valence-electron chi connectivity index (χ1n) is 8.09. The second-order valence-electron chi connectivity index (χ2n) is 5.78. The van der Waals surface area contributed by atoms with Crippen molar-refractivity contribution in [3.8, 4) is 11.3 Å². The molecule has 0 aliphatic heterocycles. The average molecular weight is 359 g/mol. The molecule has 0 saturated heterocycles. The number of benzene rings is 1. The van der Waals surface area contributed by atoms with Crippen LogP contribution in [-0.2, 0) is 17.1 Å². The molecule has 0 fully saturated rings. The topological polar surface area (TPSA) is 75.4 Å². The van der Waals surface area contributed by atoms with Crippen LogP contribution in [0.4, 0.5) is 5.69 Å². The van der Waals surface area contributed by atoms with E-state index in [0.29, 0.717) is 5.69 Å². The first-order chi connectivity index (χ1) is 12.0. The van der Waals surface area contributed by atoms with Gasteiger partial charge in [-0.15, -0.1) is 0 Å². The number of para-hydroxylation sites is 1. The number of sulfonamides is 1. The lowest BCUT2D eigenvalue weighted by molar-refractivity contribution is 0.306. The summed E-state index contributed by atoms with van der Waals surface area (Å²) in [4.78, 5) is 4.22. The summed E-state index contributed by atoms with van der Waals surface area (Å²) in [5.74, 6) is -0.0364. The second kappa shape index (κ2) is 6.85. The van der Waals surface area contributed by atoms with Crippen LogP contribution in [0.2, 0.25) is 0 Å². The maximum absolute atomic E-state index is 12.3. The number of aliphatic hydroxyl groups is 1. The number of pyridine rings is 1. The van der Waals surface area contributed by atoms with Crippen molar-refractivity contribution in [1.29, 1.82) is 0 Å². The van der Waals surface area contributed by atoms with Crippen LogP contribution in [0.5, 0.6) is 0 Å². The maximum atomic E-state index is 12.3. The molecule has 3 aromatic rings. The van der Waals surface area contributed by atoms with Crippen LogP contribution in [0.15, 0.2) is 48.8 Å². The van der Waals surface area contributed by atoms with Crippen LogP contribution in [0.3, 0.4) is 0 Å². The predicted octanol–water partition coefficient (Wildman–Crippen LogP) is 2.39. The van der Waals surface area contributed by atoms with Gasteiger partial charge in [0.15, 0.2) is 0 Å². The highest BCUT2D eigenvalue weighted by Gasteiger charge is 2.21. The van der Waals surface area contributed by atoms with Gasteiger partial charge in [-0.3, -0.25) is 9.29 Å². The Morgan fingerprint density at radius 2 is 1.96 bits per heavy atom. The Labute approximate surface area is 147 Å². The fraction of sp³-hybridized carbons (Fsp3) is 0.278. The fourth-order valence-electron chi connectivity index (χ4n) is 2.95. The van der Waals surface area contributed by atoms with Gasteiger partial charge in [-0.25, -0.2) is 8.42 Å². The van der Waals surface area contributed by atoms with Gasteiger partial charge in [-0.1, -0.05) is 18.2 Å². The Morgan fingerprint density at radius 3 is 2.64 bits per heavy atom. The molecular formula is C18H21N3O3S. The molecule has 132 valence electrons. The van der Waals surface area contributed by atoms with E-state index in [9.17, 15) is 13.5 Å². The van der Waals surface area contributed by atoms with Gasteiger partial charge in [-0.05, 0) is 25.1 Å². The Bertz CT molecular complexity index is 996. The second-order valence-corrected chi connectivity index (χ2v) is 7.96. The summed E-state index contributed by atoms with van der Waals surface area (Å²) in [7, 11) is -1.51. The highest BCUT2D eigenvalue weighted by molar-refractivity contribution is 7.92. The molecule has 25 heavy (non-hydrogen) atoms. The smallest absolute Gasteiger partial charge is 0.235 e. The molecule has 0 aliphatic carbocycles. The van der Waals surface area contributed by atoms with Crippen molar-refractivity contribution in [2.24, 2.45) is 7.05 Å². The third-order valence-electron chi connectivity index (χ3n) is 4.26. The number of aromatic nitrogens is 2. The summed E-state index contributed by atoms with van der Waals surface area (Å²) in [5, 5.41) is 10.4. The van der Waals surface area contributed by atoms with E-state index in [1.807, 2.05) is 31.3 Å². The van der Waals surface area contributed by atoms with E-state index in [-0.39, 0.29) is 18.9 Å². The number of nitrogens with zero attached hydrogens (tertiary/aromatic N) is 3. The van der Waals surface area contributed by atoms with E-state index in [1.54, 1.807) is 19.2 Å². The van der Waals surface area contributed by atoms with Gasteiger partial charge in [0.05, 0.1) is 36.5 Å². The lowest BCUT2D eigenvalue weighted by Crippen LogP contribution is -2.34. The molecule has 0 atom stereocenters. The van der Waals surface area contributed by atoms with Crippen LogP contribution in [0.25, 0.3) is 22.2 Å². The van der Waals surface area contributed by atoms with E-state index in [4.69, 9.17) is 0 Å². The zero-order valence-electron chi connectivity index (χ0n) is 14.3. The molecular weight excluding hydrogens is 338 g/mol. The number of rotatable bonds is 6. The van der Waals surface area contributed by atoms with Crippen molar-refractivity contribution in [3.05, 3.63) is 48.8 Å². The lowest BCUT2D eigenvalue weighted by atomic mass is 10.2. The molecule has 0 amide bonds. The van der Waals surface area contributed by atoms with Crippen LogP contribution in [-0.4, -0.2) is 42.0 Å². The molecule has 0 saturated carbocycles. The quantitative estimate of drug-likeness (QED) is 0.733. The number of fused-ring (bicyclic) bond motifs is 1. The minimum atomic E-state index is -3.48. The van der Waals surface area contributed by atoms with Gasteiger partial charge in [0.25, 0.3) is 0 Å².